The average molecular weight is 237 g/mol. The fourth-order valence-electron chi connectivity index (χ4n) is 3.41. The first-order valence-electron chi connectivity index (χ1n) is 5.90. The summed E-state index contributed by atoms with van der Waals surface area (Å²) in [6, 6.07) is 9.82. The molecule has 0 unspecified atom stereocenters. The van der Waals surface area contributed by atoms with Gasteiger partial charge in [0.2, 0.25) is 0 Å². The number of Topliss-reactive ketones (excluding diaryl/α,β-unsaturated/α-hetero) is 1. The van der Waals surface area contributed by atoms with Gasteiger partial charge in [-0.05, 0) is 38.0 Å². The van der Waals surface area contributed by atoms with E-state index in [2.05, 4.69) is 0 Å². The second kappa shape index (κ2) is 4.21. The molecule has 0 radical (unpaired) electrons. The second-order valence-corrected chi connectivity index (χ2v) is 5.12. The lowest BCUT2D eigenvalue weighted by Gasteiger charge is -2.24. The lowest BCUT2D eigenvalue weighted by atomic mass is 9.78. The molecule has 2 aliphatic carbocycles. The van der Waals surface area contributed by atoms with Crippen molar-refractivity contribution < 1.29 is 4.79 Å². The number of ketones is 1. The minimum Gasteiger partial charge on any atom is -0.294 e. The summed E-state index contributed by atoms with van der Waals surface area (Å²) in [5, 5.41) is 0. The van der Waals surface area contributed by atoms with E-state index in [1.165, 1.54) is 12.8 Å². The Labute approximate surface area is 103 Å². The molecule has 3 rings (SSSR count). The van der Waals surface area contributed by atoms with Gasteiger partial charge >= 0.3 is 0 Å². The normalized spacial score (nSPS) is 31.1. The van der Waals surface area contributed by atoms with Crippen LogP contribution in [0.1, 0.15) is 42.5 Å². The van der Waals surface area contributed by atoms with Crippen molar-refractivity contribution in [3.63, 3.8) is 0 Å². The third-order valence-corrected chi connectivity index (χ3v) is 4.26. The Morgan fingerprint density at radius 2 is 1.75 bits per heavy atom. The van der Waals surface area contributed by atoms with Gasteiger partial charge in [0.25, 0.3) is 0 Å². The van der Waals surface area contributed by atoms with Crippen LogP contribution in [0.2, 0.25) is 0 Å². The molecule has 2 saturated carbocycles. The van der Waals surface area contributed by atoms with E-state index < -0.39 is 0 Å². The number of carbonyl (C=O) groups is 1. The van der Waals surface area contributed by atoms with E-state index in [0.29, 0.717) is 5.78 Å². The summed E-state index contributed by atoms with van der Waals surface area (Å²) >= 11 is 0. The molecule has 0 N–H and O–H groups in total. The van der Waals surface area contributed by atoms with Crippen LogP contribution in [0.15, 0.2) is 30.3 Å². The van der Waals surface area contributed by atoms with Crippen molar-refractivity contribution >= 4 is 18.2 Å². The van der Waals surface area contributed by atoms with E-state index in [-0.39, 0.29) is 17.8 Å². The van der Waals surface area contributed by atoms with Crippen LogP contribution >= 0.6 is 12.4 Å². The summed E-state index contributed by atoms with van der Waals surface area (Å²) in [6.07, 6.45) is 5.97. The van der Waals surface area contributed by atoms with Crippen molar-refractivity contribution in [3.05, 3.63) is 35.9 Å². The van der Waals surface area contributed by atoms with E-state index in [1.807, 2.05) is 30.3 Å². The molecular weight excluding hydrogens is 220 g/mol. The number of hydrogen-bond donors (Lipinski definition) is 0. The number of hydrogen-bond acceptors (Lipinski definition) is 1. The standard InChI is InChI=1S/C14H16O.ClH/c15-13(12-4-2-1-3-5-12)14-8-6-11(10-14)7-9-14;/h1-5,11H,6-10H2;1H. The first-order valence-corrected chi connectivity index (χ1v) is 5.90. The summed E-state index contributed by atoms with van der Waals surface area (Å²) < 4.78 is 0. The van der Waals surface area contributed by atoms with E-state index in [9.17, 15) is 4.79 Å². The molecular formula is C14H17ClO. The number of halogens is 1. The molecule has 0 amide bonds. The van der Waals surface area contributed by atoms with Gasteiger partial charge in [-0.15, -0.1) is 12.4 Å². The largest absolute Gasteiger partial charge is 0.294 e. The number of rotatable bonds is 2. The highest BCUT2D eigenvalue weighted by molar-refractivity contribution is 6.00. The molecule has 0 spiro atoms. The van der Waals surface area contributed by atoms with Gasteiger partial charge in [0, 0.05) is 11.0 Å². The summed E-state index contributed by atoms with van der Waals surface area (Å²) in [7, 11) is 0. The minimum atomic E-state index is 0. The van der Waals surface area contributed by atoms with Crippen LogP contribution in [-0.4, -0.2) is 5.78 Å². The molecule has 0 atom stereocenters. The molecule has 0 saturated heterocycles. The zero-order valence-electron chi connectivity index (χ0n) is 9.32. The number of benzene rings is 1. The molecule has 2 heteroatoms. The third kappa shape index (κ3) is 1.67. The van der Waals surface area contributed by atoms with E-state index in [1.54, 1.807) is 0 Å². The van der Waals surface area contributed by atoms with Gasteiger partial charge < -0.3 is 0 Å². The molecule has 1 aromatic carbocycles. The fraction of sp³-hybridized carbons (Fsp3) is 0.500. The molecule has 1 nitrogen and oxygen atoms in total. The van der Waals surface area contributed by atoms with Gasteiger partial charge in [0.1, 0.15) is 0 Å². The maximum Gasteiger partial charge on any atom is 0.169 e. The molecule has 86 valence electrons. The van der Waals surface area contributed by atoms with Crippen molar-refractivity contribution in [3.8, 4) is 0 Å². The fourth-order valence-corrected chi connectivity index (χ4v) is 3.41. The van der Waals surface area contributed by atoms with Crippen LogP contribution < -0.4 is 0 Å². The van der Waals surface area contributed by atoms with E-state index in [4.69, 9.17) is 0 Å². The zero-order valence-corrected chi connectivity index (χ0v) is 10.1. The Balaban J connectivity index is 0.000000963. The van der Waals surface area contributed by atoms with Gasteiger partial charge in [-0.3, -0.25) is 4.79 Å². The summed E-state index contributed by atoms with van der Waals surface area (Å²) in [4.78, 5) is 12.4. The molecule has 2 aliphatic rings. The lowest BCUT2D eigenvalue weighted by molar-refractivity contribution is 0.0803. The van der Waals surface area contributed by atoms with Crippen molar-refractivity contribution in [2.24, 2.45) is 11.3 Å². The van der Waals surface area contributed by atoms with E-state index in [0.717, 1.165) is 30.7 Å². The van der Waals surface area contributed by atoms with Crippen LogP contribution in [0.5, 0.6) is 0 Å². The van der Waals surface area contributed by atoms with Crippen molar-refractivity contribution in [2.75, 3.05) is 0 Å². The molecule has 0 aromatic heterocycles. The lowest BCUT2D eigenvalue weighted by Crippen LogP contribution is -2.26. The molecule has 0 heterocycles. The maximum atomic E-state index is 12.4. The Morgan fingerprint density at radius 1 is 1.12 bits per heavy atom. The van der Waals surface area contributed by atoms with Crippen molar-refractivity contribution in [1.82, 2.24) is 0 Å². The Hall–Kier alpha value is -0.820. The van der Waals surface area contributed by atoms with Crippen LogP contribution in [0.25, 0.3) is 0 Å². The van der Waals surface area contributed by atoms with Crippen LogP contribution in [0.3, 0.4) is 0 Å². The smallest absolute Gasteiger partial charge is 0.169 e. The topological polar surface area (TPSA) is 17.1 Å². The Bertz CT molecular complexity index is 377. The van der Waals surface area contributed by atoms with Crippen molar-refractivity contribution in [2.45, 2.75) is 32.1 Å². The number of fused-ring (bicyclic) bond motifs is 2. The van der Waals surface area contributed by atoms with Gasteiger partial charge in [0.15, 0.2) is 5.78 Å². The molecule has 16 heavy (non-hydrogen) atoms. The quantitative estimate of drug-likeness (QED) is 0.713. The second-order valence-electron chi connectivity index (χ2n) is 5.12. The number of carbonyl (C=O) groups excluding carboxylic acids is 1. The predicted molar refractivity (Wildman–Crippen MR) is 67.0 cm³/mol. The van der Waals surface area contributed by atoms with Crippen LogP contribution in [0.4, 0.5) is 0 Å². The highest BCUT2D eigenvalue weighted by Crippen LogP contribution is 2.55. The summed E-state index contributed by atoms with van der Waals surface area (Å²) in [5.41, 5.74) is 0.950. The average Bonchev–Trinajstić information content (AvgIpc) is 2.90. The Morgan fingerprint density at radius 3 is 2.25 bits per heavy atom. The monoisotopic (exact) mass is 236 g/mol. The third-order valence-electron chi connectivity index (χ3n) is 4.26. The summed E-state index contributed by atoms with van der Waals surface area (Å²) in [6.45, 7) is 0. The first kappa shape index (κ1) is 11.7. The van der Waals surface area contributed by atoms with Crippen LogP contribution in [-0.2, 0) is 0 Å². The van der Waals surface area contributed by atoms with Gasteiger partial charge in [-0.2, -0.15) is 0 Å². The Kier molecular flexibility index (Phi) is 3.07. The van der Waals surface area contributed by atoms with Gasteiger partial charge in [-0.25, -0.2) is 0 Å². The predicted octanol–water partition coefficient (Wildman–Crippen LogP) is 3.87. The molecule has 0 aliphatic heterocycles. The van der Waals surface area contributed by atoms with Crippen molar-refractivity contribution in [1.29, 1.82) is 0 Å². The van der Waals surface area contributed by atoms with Crippen LogP contribution in [0, 0.1) is 11.3 Å². The van der Waals surface area contributed by atoms with Gasteiger partial charge in [0.05, 0.1) is 0 Å². The SMILES string of the molecule is Cl.O=C(c1ccccc1)C12CCC(CC1)C2. The van der Waals surface area contributed by atoms with Gasteiger partial charge in [-0.1, -0.05) is 30.3 Å². The highest BCUT2D eigenvalue weighted by Gasteiger charge is 2.49. The molecule has 2 fully saturated rings. The van der Waals surface area contributed by atoms with E-state index >= 15 is 0 Å². The molecule has 1 aromatic rings. The highest BCUT2D eigenvalue weighted by atomic mass is 35.5. The summed E-state index contributed by atoms with van der Waals surface area (Å²) in [5.74, 6) is 1.25. The zero-order chi connectivity index (χ0) is 10.3. The molecule has 2 bridgehead atoms. The maximum absolute atomic E-state index is 12.4. The first-order chi connectivity index (χ1) is 7.30. The minimum absolute atomic E-state index is 0.